The first-order chi connectivity index (χ1) is 16.6. The molecule has 0 bridgehead atoms. The van der Waals surface area contributed by atoms with Gasteiger partial charge in [-0.3, -0.25) is 10.1 Å². The Labute approximate surface area is 212 Å². The molecule has 2 heterocycles. The molecule has 2 aromatic carbocycles. The molecule has 0 saturated heterocycles. The van der Waals surface area contributed by atoms with Gasteiger partial charge in [-0.05, 0) is 36.1 Å². The monoisotopic (exact) mass is 512 g/mol. The van der Waals surface area contributed by atoms with Crippen molar-refractivity contribution in [2.75, 3.05) is 19.5 Å². The van der Waals surface area contributed by atoms with Gasteiger partial charge < -0.3 is 9.47 Å². The van der Waals surface area contributed by atoms with Gasteiger partial charge in [0.2, 0.25) is 5.13 Å². The summed E-state index contributed by atoms with van der Waals surface area (Å²) < 4.78 is 16.7. The summed E-state index contributed by atoms with van der Waals surface area (Å²) in [6.45, 7) is 8.22. The van der Waals surface area contributed by atoms with Crippen LogP contribution in [-0.2, 0) is 5.41 Å². The zero-order valence-electron chi connectivity index (χ0n) is 20.2. The molecular formula is C24H25ClN6O3S. The summed E-state index contributed by atoms with van der Waals surface area (Å²) in [5, 5.41) is 12.1. The summed E-state index contributed by atoms with van der Waals surface area (Å²) in [6, 6.07) is 10.9. The Morgan fingerprint density at radius 3 is 2.40 bits per heavy atom. The number of benzene rings is 2. The van der Waals surface area contributed by atoms with Crippen molar-refractivity contribution in [1.82, 2.24) is 24.4 Å². The maximum absolute atomic E-state index is 12.7. The second-order valence-electron chi connectivity index (χ2n) is 8.80. The molecule has 0 saturated carbocycles. The van der Waals surface area contributed by atoms with Gasteiger partial charge in [0.15, 0.2) is 11.5 Å². The van der Waals surface area contributed by atoms with Gasteiger partial charge >= 0.3 is 0 Å². The minimum Gasteiger partial charge on any atom is -0.495 e. The number of anilines is 1. The minimum absolute atomic E-state index is 0.0135. The Kier molecular flexibility index (Phi) is 6.77. The van der Waals surface area contributed by atoms with Crippen LogP contribution in [-0.4, -0.2) is 44.5 Å². The normalized spacial score (nSPS) is 11.4. The molecule has 182 valence electrons. The number of hydrogen-bond acceptors (Lipinski definition) is 8. The van der Waals surface area contributed by atoms with E-state index in [1.807, 2.05) is 19.1 Å². The highest BCUT2D eigenvalue weighted by Gasteiger charge is 2.21. The molecule has 4 aromatic rings. The van der Waals surface area contributed by atoms with Crippen molar-refractivity contribution >= 4 is 34.2 Å². The molecule has 0 spiro atoms. The molecule has 1 amide bonds. The number of nitrogens with one attached hydrogen (secondary N) is 1. The second-order valence-corrected chi connectivity index (χ2v) is 9.96. The number of hydrogen-bond donors (Lipinski definition) is 1. The number of aromatic nitrogens is 5. The summed E-state index contributed by atoms with van der Waals surface area (Å²) in [7, 11) is 3.08. The van der Waals surface area contributed by atoms with Gasteiger partial charge in [0.25, 0.3) is 5.91 Å². The summed E-state index contributed by atoms with van der Waals surface area (Å²) >= 11 is 7.38. The topological polar surface area (TPSA) is 104 Å². The number of nitrogens with zero attached hydrogens (tertiary/aromatic N) is 5. The molecule has 0 fully saturated rings. The van der Waals surface area contributed by atoms with Crippen molar-refractivity contribution in [3.63, 3.8) is 0 Å². The fourth-order valence-electron chi connectivity index (χ4n) is 3.44. The van der Waals surface area contributed by atoms with E-state index in [-0.39, 0.29) is 11.3 Å². The van der Waals surface area contributed by atoms with E-state index in [1.165, 1.54) is 7.11 Å². The molecule has 1 N–H and O–H groups in total. The van der Waals surface area contributed by atoms with E-state index in [4.69, 9.17) is 21.1 Å². The van der Waals surface area contributed by atoms with E-state index in [9.17, 15) is 4.79 Å². The van der Waals surface area contributed by atoms with E-state index >= 15 is 0 Å². The quantitative estimate of drug-likeness (QED) is 0.373. The highest BCUT2D eigenvalue weighted by atomic mass is 35.5. The first-order valence-electron chi connectivity index (χ1n) is 10.7. The predicted octanol–water partition coefficient (Wildman–Crippen LogP) is 5.31. The molecule has 11 heteroatoms. The standard InChI is InChI=1S/C24H25ClN6O3S/c1-13-20(28-30-31(13)17-11-16(25)18(33-5)12-19(17)34-6)21-26-23(35-29-21)27-22(32)14-7-9-15(10-8-14)24(2,3)4/h7-12H,1-6H3,(H,26,27,29,32). The molecule has 0 aliphatic rings. The lowest BCUT2D eigenvalue weighted by molar-refractivity contribution is 0.102. The van der Waals surface area contributed by atoms with Crippen molar-refractivity contribution in [2.24, 2.45) is 0 Å². The van der Waals surface area contributed by atoms with Crippen LogP contribution in [0.25, 0.3) is 17.2 Å². The Hall–Kier alpha value is -3.50. The van der Waals surface area contributed by atoms with E-state index in [0.717, 1.165) is 17.1 Å². The van der Waals surface area contributed by atoms with Crippen LogP contribution in [0.15, 0.2) is 36.4 Å². The average Bonchev–Trinajstić information content (AvgIpc) is 3.44. The van der Waals surface area contributed by atoms with E-state index < -0.39 is 0 Å². The third-order valence-electron chi connectivity index (χ3n) is 5.45. The van der Waals surface area contributed by atoms with Crippen LogP contribution in [0.3, 0.4) is 0 Å². The molecule has 0 atom stereocenters. The summed E-state index contributed by atoms with van der Waals surface area (Å²) in [5.41, 5.74) is 3.46. The van der Waals surface area contributed by atoms with Crippen molar-refractivity contribution in [1.29, 1.82) is 0 Å². The number of halogens is 1. The van der Waals surface area contributed by atoms with Crippen LogP contribution >= 0.6 is 23.1 Å². The lowest BCUT2D eigenvalue weighted by Gasteiger charge is -2.18. The van der Waals surface area contributed by atoms with Crippen LogP contribution in [0.1, 0.15) is 42.4 Å². The van der Waals surface area contributed by atoms with Crippen molar-refractivity contribution in [2.45, 2.75) is 33.1 Å². The zero-order valence-corrected chi connectivity index (χ0v) is 21.8. The van der Waals surface area contributed by atoms with Crippen LogP contribution in [0, 0.1) is 6.92 Å². The first-order valence-corrected chi connectivity index (χ1v) is 11.9. The van der Waals surface area contributed by atoms with Crippen LogP contribution in [0.4, 0.5) is 5.13 Å². The molecule has 4 rings (SSSR count). The minimum atomic E-state index is -0.258. The third-order valence-corrected chi connectivity index (χ3v) is 6.37. The fraction of sp³-hybridized carbons (Fsp3) is 0.292. The van der Waals surface area contributed by atoms with Crippen molar-refractivity contribution in [3.05, 3.63) is 58.2 Å². The van der Waals surface area contributed by atoms with E-state index in [0.29, 0.717) is 50.1 Å². The fourth-order valence-corrected chi connectivity index (χ4v) is 4.24. The molecule has 9 nitrogen and oxygen atoms in total. The first kappa shape index (κ1) is 24.6. The molecule has 0 radical (unpaired) electrons. The number of amides is 1. The Morgan fingerprint density at radius 2 is 1.77 bits per heavy atom. The maximum Gasteiger partial charge on any atom is 0.257 e. The number of carbonyl (C=O) groups excluding carboxylic acids is 1. The van der Waals surface area contributed by atoms with E-state index in [2.05, 4.69) is 45.8 Å². The summed E-state index contributed by atoms with van der Waals surface area (Å²) in [5.74, 6) is 1.10. The van der Waals surface area contributed by atoms with Gasteiger partial charge in [0.1, 0.15) is 17.2 Å². The number of methoxy groups -OCH3 is 2. The van der Waals surface area contributed by atoms with Gasteiger partial charge in [-0.15, -0.1) is 5.10 Å². The smallest absolute Gasteiger partial charge is 0.257 e. The molecule has 0 aliphatic heterocycles. The molecule has 0 aliphatic carbocycles. The summed E-state index contributed by atoms with van der Waals surface area (Å²) in [4.78, 5) is 17.1. The summed E-state index contributed by atoms with van der Waals surface area (Å²) in [6.07, 6.45) is 0. The largest absolute Gasteiger partial charge is 0.495 e. The van der Waals surface area contributed by atoms with Crippen molar-refractivity contribution < 1.29 is 14.3 Å². The Bertz CT molecular complexity index is 1380. The highest BCUT2D eigenvalue weighted by molar-refractivity contribution is 7.10. The van der Waals surface area contributed by atoms with Crippen LogP contribution in [0.2, 0.25) is 5.02 Å². The van der Waals surface area contributed by atoms with Crippen LogP contribution < -0.4 is 14.8 Å². The second kappa shape index (κ2) is 9.63. The SMILES string of the molecule is COc1cc(OC)c(-n2nnc(-c3nsc(NC(=O)c4ccc(C(C)(C)C)cc4)n3)c2C)cc1Cl. The number of rotatable bonds is 6. The van der Waals surface area contributed by atoms with E-state index in [1.54, 1.807) is 36.1 Å². The number of carbonyl (C=O) groups is 1. The van der Waals surface area contributed by atoms with Gasteiger partial charge in [-0.25, -0.2) is 4.68 Å². The van der Waals surface area contributed by atoms with Gasteiger partial charge in [-0.2, -0.15) is 9.36 Å². The predicted molar refractivity (Wildman–Crippen MR) is 136 cm³/mol. The van der Waals surface area contributed by atoms with Gasteiger partial charge in [0, 0.05) is 23.2 Å². The molecule has 2 aromatic heterocycles. The molecule has 35 heavy (non-hydrogen) atoms. The lowest BCUT2D eigenvalue weighted by Crippen LogP contribution is -2.14. The number of ether oxygens (including phenoxy) is 2. The molecule has 0 unspecified atom stereocenters. The van der Waals surface area contributed by atoms with Gasteiger partial charge in [0.05, 0.1) is 24.9 Å². The lowest BCUT2D eigenvalue weighted by atomic mass is 9.87. The Morgan fingerprint density at radius 1 is 1.09 bits per heavy atom. The third kappa shape index (κ3) is 4.98. The molecular weight excluding hydrogens is 488 g/mol. The zero-order chi connectivity index (χ0) is 25.3. The maximum atomic E-state index is 12.7. The highest BCUT2D eigenvalue weighted by Crippen LogP contribution is 2.36. The van der Waals surface area contributed by atoms with Crippen molar-refractivity contribution in [3.8, 4) is 28.7 Å². The Balaban J connectivity index is 1.56. The van der Waals surface area contributed by atoms with Gasteiger partial charge in [-0.1, -0.05) is 49.7 Å². The van der Waals surface area contributed by atoms with Crippen LogP contribution in [0.5, 0.6) is 11.5 Å². The average molecular weight is 513 g/mol.